The predicted molar refractivity (Wildman–Crippen MR) is 94.2 cm³/mol. The Labute approximate surface area is 146 Å². The molecule has 0 saturated carbocycles. The molecule has 0 aliphatic carbocycles. The van der Waals surface area contributed by atoms with E-state index in [0.29, 0.717) is 13.0 Å². The summed E-state index contributed by atoms with van der Waals surface area (Å²) >= 11 is 0. The van der Waals surface area contributed by atoms with Crippen molar-refractivity contribution in [3.63, 3.8) is 0 Å². The van der Waals surface area contributed by atoms with Crippen molar-refractivity contribution < 1.29 is 19.4 Å². The number of carboxylic acids is 1. The van der Waals surface area contributed by atoms with Gasteiger partial charge in [0.15, 0.2) is 0 Å². The van der Waals surface area contributed by atoms with E-state index in [4.69, 9.17) is 9.84 Å². The molecule has 25 heavy (non-hydrogen) atoms. The zero-order valence-electron chi connectivity index (χ0n) is 13.9. The van der Waals surface area contributed by atoms with Crippen molar-refractivity contribution >= 4 is 12.1 Å². The van der Waals surface area contributed by atoms with Gasteiger partial charge in [-0.3, -0.25) is 4.79 Å². The highest BCUT2D eigenvalue weighted by Crippen LogP contribution is 2.04. The van der Waals surface area contributed by atoms with Gasteiger partial charge < -0.3 is 20.5 Å². The van der Waals surface area contributed by atoms with Crippen LogP contribution in [0.25, 0.3) is 0 Å². The molecule has 2 rings (SSSR count). The number of nitrogens with one attached hydrogen (secondary N) is 2. The molecule has 0 heterocycles. The lowest BCUT2D eigenvalue weighted by Crippen LogP contribution is -2.44. The van der Waals surface area contributed by atoms with Crippen molar-refractivity contribution in [3.05, 3.63) is 71.8 Å². The number of amides is 1. The second kappa shape index (κ2) is 10.1. The zero-order chi connectivity index (χ0) is 17.9. The molecule has 2 aromatic rings. The van der Waals surface area contributed by atoms with Gasteiger partial charge >= 0.3 is 12.1 Å². The molecule has 6 nitrogen and oxygen atoms in total. The van der Waals surface area contributed by atoms with E-state index in [1.807, 2.05) is 60.7 Å². The second-order valence-electron chi connectivity index (χ2n) is 5.62. The van der Waals surface area contributed by atoms with Gasteiger partial charge in [-0.15, -0.1) is 0 Å². The molecule has 0 aliphatic rings. The van der Waals surface area contributed by atoms with Gasteiger partial charge in [-0.1, -0.05) is 60.7 Å². The average molecular weight is 342 g/mol. The molecule has 1 atom stereocenters. The second-order valence-corrected chi connectivity index (χ2v) is 5.62. The molecule has 0 saturated heterocycles. The number of carbonyl (C=O) groups is 2. The van der Waals surface area contributed by atoms with Gasteiger partial charge in [0.1, 0.15) is 6.61 Å². The Morgan fingerprint density at radius 3 is 2.16 bits per heavy atom. The fraction of sp³-hybridized carbons (Fsp3) is 0.263. The third-order valence-electron chi connectivity index (χ3n) is 3.53. The van der Waals surface area contributed by atoms with E-state index in [1.165, 1.54) is 0 Å². The van der Waals surface area contributed by atoms with Crippen molar-refractivity contribution in [2.24, 2.45) is 0 Å². The van der Waals surface area contributed by atoms with Crippen LogP contribution in [0.2, 0.25) is 0 Å². The maximum absolute atomic E-state index is 12.0. The number of carbonyl (C=O) groups excluding carboxylic acids is 1. The summed E-state index contributed by atoms with van der Waals surface area (Å²) in [7, 11) is 0. The third kappa shape index (κ3) is 7.50. The fourth-order valence-electron chi connectivity index (χ4n) is 2.36. The third-order valence-corrected chi connectivity index (χ3v) is 3.53. The Kier molecular flexibility index (Phi) is 7.46. The number of hydrogen-bond acceptors (Lipinski definition) is 4. The summed E-state index contributed by atoms with van der Waals surface area (Å²) in [5, 5.41) is 14.3. The van der Waals surface area contributed by atoms with Crippen LogP contribution in [0, 0.1) is 0 Å². The monoisotopic (exact) mass is 342 g/mol. The molecule has 0 bridgehead atoms. The van der Waals surface area contributed by atoms with Crippen molar-refractivity contribution in [3.8, 4) is 0 Å². The highest BCUT2D eigenvalue weighted by molar-refractivity contribution is 5.69. The van der Waals surface area contributed by atoms with E-state index >= 15 is 0 Å². The minimum atomic E-state index is -0.940. The lowest BCUT2D eigenvalue weighted by atomic mass is 10.1. The molecular weight excluding hydrogens is 320 g/mol. The van der Waals surface area contributed by atoms with E-state index < -0.39 is 12.1 Å². The van der Waals surface area contributed by atoms with Crippen LogP contribution in [0.5, 0.6) is 0 Å². The van der Waals surface area contributed by atoms with Crippen molar-refractivity contribution in [1.29, 1.82) is 0 Å². The first-order chi connectivity index (χ1) is 12.1. The van der Waals surface area contributed by atoms with Crippen LogP contribution in [0.3, 0.4) is 0 Å². The standard InChI is InChI=1S/C19H22N2O4/c22-18(23)13-20-12-17(11-15-7-3-1-4-8-15)21-19(24)25-14-16-9-5-2-6-10-16/h1-10,17,20H,11-14H2,(H,21,24)(H,22,23). The molecule has 1 amide bonds. The maximum atomic E-state index is 12.0. The molecule has 0 aliphatic heterocycles. The summed E-state index contributed by atoms with van der Waals surface area (Å²) in [6.07, 6.45) is 0.0513. The molecule has 1 unspecified atom stereocenters. The Morgan fingerprint density at radius 2 is 1.56 bits per heavy atom. The topological polar surface area (TPSA) is 87.7 Å². The first-order valence-corrected chi connectivity index (χ1v) is 8.07. The zero-order valence-corrected chi connectivity index (χ0v) is 13.9. The number of alkyl carbamates (subject to hydrolysis) is 1. The number of carboxylic acid groups (broad SMARTS) is 1. The average Bonchev–Trinajstić information content (AvgIpc) is 2.61. The van der Waals surface area contributed by atoms with Crippen LogP contribution in [-0.2, 0) is 22.6 Å². The van der Waals surface area contributed by atoms with Crippen LogP contribution in [0.15, 0.2) is 60.7 Å². The first-order valence-electron chi connectivity index (χ1n) is 8.07. The molecule has 0 spiro atoms. The summed E-state index contributed by atoms with van der Waals surface area (Å²) in [4.78, 5) is 22.7. The van der Waals surface area contributed by atoms with Gasteiger partial charge in [-0.25, -0.2) is 4.79 Å². The summed E-state index contributed by atoms with van der Waals surface area (Å²) in [6, 6.07) is 18.8. The van der Waals surface area contributed by atoms with Gasteiger partial charge in [-0.05, 0) is 17.5 Å². The Morgan fingerprint density at radius 1 is 0.960 bits per heavy atom. The molecule has 3 N–H and O–H groups in total. The normalized spacial score (nSPS) is 11.5. The van der Waals surface area contributed by atoms with Crippen LogP contribution >= 0.6 is 0 Å². The fourth-order valence-corrected chi connectivity index (χ4v) is 2.36. The molecule has 0 aromatic heterocycles. The van der Waals surface area contributed by atoms with Crippen molar-refractivity contribution in [2.45, 2.75) is 19.1 Å². The number of rotatable bonds is 9. The molecule has 2 aromatic carbocycles. The number of aliphatic carboxylic acids is 1. The molecule has 0 radical (unpaired) electrons. The van der Waals surface area contributed by atoms with Crippen LogP contribution in [0.4, 0.5) is 4.79 Å². The Hall–Kier alpha value is -2.86. The highest BCUT2D eigenvalue weighted by atomic mass is 16.5. The largest absolute Gasteiger partial charge is 0.480 e. The molecule has 0 fully saturated rings. The molecular formula is C19H22N2O4. The van der Waals surface area contributed by atoms with Crippen molar-refractivity contribution in [2.75, 3.05) is 13.1 Å². The Balaban J connectivity index is 1.87. The van der Waals surface area contributed by atoms with Gasteiger partial charge in [0.2, 0.25) is 0 Å². The molecule has 132 valence electrons. The summed E-state index contributed by atoms with van der Waals surface area (Å²) in [5.74, 6) is -0.940. The van der Waals surface area contributed by atoms with Gasteiger partial charge in [-0.2, -0.15) is 0 Å². The Bertz CT molecular complexity index is 662. The minimum Gasteiger partial charge on any atom is -0.480 e. The number of benzene rings is 2. The quantitative estimate of drug-likeness (QED) is 0.650. The van der Waals surface area contributed by atoms with E-state index in [0.717, 1.165) is 11.1 Å². The van der Waals surface area contributed by atoms with Crippen molar-refractivity contribution in [1.82, 2.24) is 10.6 Å². The van der Waals surface area contributed by atoms with E-state index in [1.54, 1.807) is 0 Å². The number of ether oxygens (including phenoxy) is 1. The predicted octanol–water partition coefficient (Wildman–Crippen LogP) is 2.20. The van der Waals surface area contributed by atoms with Gasteiger partial charge in [0, 0.05) is 12.6 Å². The summed E-state index contributed by atoms with van der Waals surface area (Å²) < 4.78 is 5.23. The van der Waals surface area contributed by atoms with Crippen LogP contribution in [-0.4, -0.2) is 36.3 Å². The molecule has 6 heteroatoms. The van der Waals surface area contributed by atoms with Gasteiger partial charge in [0.05, 0.1) is 6.54 Å². The first kappa shape index (κ1) is 18.5. The minimum absolute atomic E-state index is 0.161. The van der Waals surface area contributed by atoms with E-state index in [-0.39, 0.29) is 19.2 Å². The number of hydrogen-bond donors (Lipinski definition) is 3. The highest BCUT2D eigenvalue weighted by Gasteiger charge is 2.14. The van der Waals surface area contributed by atoms with E-state index in [9.17, 15) is 9.59 Å². The van der Waals surface area contributed by atoms with Gasteiger partial charge in [0.25, 0.3) is 0 Å². The smallest absolute Gasteiger partial charge is 0.407 e. The summed E-state index contributed by atoms with van der Waals surface area (Å²) in [6.45, 7) is 0.362. The van der Waals surface area contributed by atoms with Crippen LogP contribution < -0.4 is 10.6 Å². The lowest BCUT2D eigenvalue weighted by molar-refractivity contribution is -0.135. The SMILES string of the molecule is O=C(O)CNCC(Cc1ccccc1)NC(=O)OCc1ccccc1. The maximum Gasteiger partial charge on any atom is 0.407 e. The summed E-state index contributed by atoms with van der Waals surface area (Å²) in [5.41, 5.74) is 1.95. The van der Waals surface area contributed by atoms with E-state index in [2.05, 4.69) is 10.6 Å². The lowest BCUT2D eigenvalue weighted by Gasteiger charge is -2.19. The van der Waals surface area contributed by atoms with Crippen LogP contribution in [0.1, 0.15) is 11.1 Å².